The summed E-state index contributed by atoms with van der Waals surface area (Å²) in [4.78, 5) is 11.3. The van der Waals surface area contributed by atoms with E-state index in [2.05, 4.69) is 48.6 Å². The molecule has 2 aromatic carbocycles. The Bertz CT molecular complexity index is 642. The van der Waals surface area contributed by atoms with E-state index in [0.29, 0.717) is 0 Å². The maximum atomic E-state index is 11.3. The molecule has 0 saturated heterocycles. The van der Waals surface area contributed by atoms with E-state index in [1.54, 1.807) is 0 Å². The molecule has 2 rings (SSSR count). The average Bonchev–Trinajstić information content (AvgIpc) is 2.52. The summed E-state index contributed by atoms with van der Waals surface area (Å²) < 4.78 is 5.61. The largest absolute Gasteiger partial charge is 0.494 e. The third kappa shape index (κ3) is 4.59. The first-order chi connectivity index (χ1) is 10.9. The van der Waals surface area contributed by atoms with Crippen LogP contribution in [0.5, 0.6) is 5.75 Å². The third-order valence-electron chi connectivity index (χ3n) is 3.76. The van der Waals surface area contributed by atoms with Crippen molar-refractivity contribution in [2.75, 3.05) is 6.61 Å². The molecule has 0 aliphatic heterocycles. The van der Waals surface area contributed by atoms with Gasteiger partial charge in [-0.3, -0.25) is 4.79 Å². The lowest BCUT2D eigenvalue weighted by molar-refractivity contribution is -0.120. The average molecular weight is 311 g/mol. The van der Waals surface area contributed by atoms with Crippen LogP contribution in [-0.2, 0) is 10.3 Å². The van der Waals surface area contributed by atoms with Crippen LogP contribution in [0.2, 0.25) is 0 Å². The van der Waals surface area contributed by atoms with Crippen molar-refractivity contribution in [1.82, 2.24) is 5.32 Å². The van der Waals surface area contributed by atoms with Gasteiger partial charge >= 0.3 is 0 Å². The van der Waals surface area contributed by atoms with Gasteiger partial charge in [-0.1, -0.05) is 43.3 Å². The van der Waals surface area contributed by atoms with Gasteiger partial charge in [0.15, 0.2) is 0 Å². The predicted molar refractivity (Wildman–Crippen MR) is 94.5 cm³/mol. The Morgan fingerprint density at radius 2 is 1.52 bits per heavy atom. The molecule has 1 amide bonds. The highest BCUT2D eigenvalue weighted by atomic mass is 16.5. The number of carbonyl (C=O) groups excluding carboxylic acids is 1. The smallest absolute Gasteiger partial charge is 0.217 e. The van der Waals surface area contributed by atoms with Gasteiger partial charge in [-0.25, -0.2) is 0 Å². The van der Waals surface area contributed by atoms with Gasteiger partial charge in [0.1, 0.15) is 5.75 Å². The number of rotatable bonds is 6. The van der Waals surface area contributed by atoms with E-state index in [4.69, 9.17) is 4.74 Å². The standard InChI is InChI=1S/C20H25NO2/c1-5-14-23-19-12-8-17(9-13-19)16-6-10-18(11-7-16)20(3,4)21-15(2)22/h6-13H,5,14H2,1-4H3,(H,21,22). The van der Waals surface area contributed by atoms with Crippen LogP contribution in [0.25, 0.3) is 11.1 Å². The van der Waals surface area contributed by atoms with Crippen molar-refractivity contribution >= 4 is 5.91 Å². The molecule has 2 aromatic rings. The number of nitrogens with one attached hydrogen (secondary N) is 1. The van der Waals surface area contributed by atoms with Crippen molar-refractivity contribution < 1.29 is 9.53 Å². The van der Waals surface area contributed by atoms with Gasteiger partial charge in [0.2, 0.25) is 5.91 Å². The molecule has 0 saturated carbocycles. The first-order valence-corrected chi connectivity index (χ1v) is 8.05. The van der Waals surface area contributed by atoms with Gasteiger partial charge in [0.05, 0.1) is 12.1 Å². The van der Waals surface area contributed by atoms with Crippen LogP contribution in [0.3, 0.4) is 0 Å². The molecule has 23 heavy (non-hydrogen) atoms. The monoisotopic (exact) mass is 311 g/mol. The van der Waals surface area contributed by atoms with Crippen LogP contribution in [0.4, 0.5) is 0 Å². The highest BCUT2D eigenvalue weighted by Gasteiger charge is 2.20. The molecule has 0 atom stereocenters. The fourth-order valence-electron chi connectivity index (χ4n) is 2.56. The van der Waals surface area contributed by atoms with Crippen molar-refractivity contribution in [3.05, 3.63) is 54.1 Å². The number of carbonyl (C=O) groups is 1. The normalized spacial score (nSPS) is 11.1. The number of benzene rings is 2. The Morgan fingerprint density at radius 3 is 2.00 bits per heavy atom. The van der Waals surface area contributed by atoms with Crippen molar-refractivity contribution in [2.45, 2.75) is 39.7 Å². The minimum atomic E-state index is -0.373. The molecule has 0 fully saturated rings. The molecule has 122 valence electrons. The summed E-state index contributed by atoms with van der Waals surface area (Å²) in [6, 6.07) is 16.4. The molecule has 3 nitrogen and oxygen atoms in total. The molecule has 0 heterocycles. The lowest BCUT2D eigenvalue weighted by atomic mass is 9.92. The third-order valence-corrected chi connectivity index (χ3v) is 3.76. The summed E-state index contributed by atoms with van der Waals surface area (Å²) in [7, 11) is 0. The Hall–Kier alpha value is -2.29. The summed E-state index contributed by atoms with van der Waals surface area (Å²) in [6.07, 6.45) is 1.01. The highest BCUT2D eigenvalue weighted by molar-refractivity contribution is 5.74. The number of amides is 1. The van der Waals surface area contributed by atoms with E-state index in [-0.39, 0.29) is 11.4 Å². The van der Waals surface area contributed by atoms with E-state index < -0.39 is 0 Å². The topological polar surface area (TPSA) is 38.3 Å². The Labute approximate surface area is 138 Å². The van der Waals surface area contributed by atoms with Gasteiger partial charge in [-0.15, -0.1) is 0 Å². The maximum absolute atomic E-state index is 11.3. The van der Waals surface area contributed by atoms with E-state index in [1.807, 2.05) is 26.0 Å². The number of hydrogen-bond donors (Lipinski definition) is 1. The summed E-state index contributed by atoms with van der Waals surface area (Å²) in [5.74, 6) is 0.876. The van der Waals surface area contributed by atoms with Crippen molar-refractivity contribution in [2.24, 2.45) is 0 Å². The fraction of sp³-hybridized carbons (Fsp3) is 0.350. The predicted octanol–water partition coefficient (Wildman–Crippen LogP) is 4.51. The Kier molecular flexibility index (Phi) is 5.43. The quantitative estimate of drug-likeness (QED) is 0.852. The molecule has 0 spiro atoms. The molecule has 0 aliphatic carbocycles. The van der Waals surface area contributed by atoms with Crippen LogP contribution in [0.15, 0.2) is 48.5 Å². The van der Waals surface area contributed by atoms with E-state index in [0.717, 1.165) is 35.5 Å². The molecular weight excluding hydrogens is 286 g/mol. The van der Waals surface area contributed by atoms with E-state index in [1.165, 1.54) is 6.92 Å². The van der Waals surface area contributed by atoms with Crippen LogP contribution in [-0.4, -0.2) is 12.5 Å². The molecule has 0 bridgehead atoms. The van der Waals surface area contributed by atoms with Crippen molar-refractivity contribution in [1.29, 1.82) is 0 Å². The summed E-state index contributed by atoms with van der Waals surface area (Å²) >= 11 is 0. The lowest BCUT2D eigenvalue weighted by Gasteiger charge is -2.26. The SMILES string of the molecule is CCCOc1ccc(-c2ccc(C(C)(C)NC(C)=O)cc2)cc1. The Balaban J connectivity index is 2.14. The summed E-state index contributed by atoms with van der Waals surface area (Å²) in [6.45, 7) is 8.38. The van der Waals surface area contributed by atoms with E-state index >= 15 is 0 Å². The summed E-state index contributed by atoms with van der Waals surface area (Å²) in [5.41, 5.74) is 3.01. The molecular formula is C20H25NO2. The van der Waals surface area contributed by atoms with Crippen molar-refractivity contribution in [3.63, 3.8) is 0 Å². The zero-order valence-electron chi connectivity index (χ0n) is 14.3. The first-order valence-electron chi connectivity index (χ1n) is 8.05. The van der Waals surface area contributed by atoms with Crippen LogP contribution in [0.1, 0.15) is 39.7 Å². The minimum Gasteiger partial charge on any atom is -0.494 e. The highest BCUT2D eigenvalue weighted by Crippen LogP contribution is 2.26. The molecule has 0 aromatic heterocycles. The second-order valence-corrected chi connectivity index (χ2v) is 6.26. The van der Waals surface area contributed by atoms with Crippen LogP contribution < -0.4 is 10.1 Å². The second kappa shape index (κ2) is 7.32. The first kappa shape index (κ1) is 17.1. The molecule has 1 N–H and O–H groups in total. The zero-order valence-corrected chi connectivity index (χ0v) is 14.3. The van der Waals surface area contributed by atoms with Gasteiger partial charge in [0.25, 0.3) is 0 Å². The van der Waals surface area contributed by atoms with Crippen LogP contribution >= 0.6 is 0 Å². The summed E-state index contributed by atoms with van der Waals surface area (Å²) in [5, 5.41) is 2.97. The number of hydrogen-bond acceptors (Lipinski definition) is 2. The fourth-order valence-corrected chi connectivity index (χ4v) is 2.56. The zero-order chi connectivity index (χ0) is 16.9. The Morgan fingerprint density at radius 1 is 1.00 bits per heavy atom. The second-order valence-electron chi connectivity index (χ2n) is 6.26. The van der Waals surface area contributed by atoms with Gasteiger partial charge < -0.3 is 10.1 Å². The van der Waals surface area contributed by atoms with Crippen LogP contribution in [0, 0.1) is 0 Å². The van der Waals surface area contributed by atoms with Gasteiger partial charge in [-0.05, 0) is 49.1 Å². The maximum Gasteiger partial charge on any atom is 0.217 e. The molecule has 3 heteroatoms. The minimum absolute atomic E-state index is 0.0262. The lowest BCUT2D eigenvalue weighted by Crippen LogP contribution is -2.39. The molecule has 0 unspecified atom stereocenters. The van der Waals surface area contributed by atoms with Crippen molar-refractivity contribution in [3.8, 4) is 16.9 Å². The van der Waals surface area contributed by atoms with Gasteiger partial charge in [0, 0.05) is 6.92 Å². The number of ether oxygens (including phenoxy) is 1. The molecule has 0 radical (unpaired) electrons. The van der Waals surface area contributed by atoms with E-state index in [9.17, 15) is 4.79 Å². The van der Waals surface area contributed by atoms with Gasteiger partial charge in [-0.2, -0.15) is 0 Å². The molecule has 0 aliphatic rings.